The molecule has 0 aromatic heterocycles. The van der Waals surface area contributed by atoms with E-state index < -0.39 is 0 Å². The highest BCUT2D eigenvalue weighted by atomic mass is 32.2. The zero-order chi connectivity index (χ0) is 12.0. The predicted molar refractivity (Wildman–Crippen MR) is 67.8 cm³/mol. The highest BCUT2D eigenvalue weighted by Crippen LogP contribution is 2.04. The summed E-state index contributed by atoms with van der Waals surface area (Å²) in [6.07, 6.45) is 2.08. The number of ether oxygens (including phenoxy) is 1. The van der Waals surface area contributed by atoms with Gasteiger partial charge in [0.25, 0.3) is 0 Å². The molecule has 1 N–H and O–H groups in total. The number of amides is 1. The Balaban J connectivity index is 2.29. The van der Waals surface area contributed by atoms with E-state index in [0.29, 0.717) is 18.5 Å². The molecule has 1 amide bonds. The minimum atomic E-state index is -0.0901. The first-order valence-electron chi connectivity index (χ1n) is 5.78. The lowest BCUT2D eigenvalue weighted by molar-refractivity contribution is -0.137. The van der Waals surface area contributed by atoms with Crippen LogP contribution in [-0.4, -0.2) is 61.2 Å². The summed E-state index contributed by atoms with van der Waals surface area (Å²) in [5.41, 5.74) is 0. The Hall–Kier alpha value is -0.260. The third-order valence-electron chi connectivity index (χ3n) is 2.81. The molecule has 1 fully saturated rings. The van der Waals surface area contributed by atoms with Gasteiger partial charge in [-0.3, -0.25) is 4.79 Å². The maximum atomic E-state index is 12.0. The second kappa shape index (κ2) is 7.14. The van der Waals surface area contributed by atoms with Crippen LogP contribution in [0, 0.1) is 0 Å². The van der Waals surface area contributed by atoms with E-state index in [4.69, 9.17) is 4.74 Å². The van der Waals surface area contributed by atoms with Gasteiger partial charge in [0.1, 0.15) is 0 Å². The van der Waals surface area contributed by atoms with Crippen LogP contribution in [0.2, 0.25) is 0 Å². The van der Waals surface area contributed by atoms with Crippen molar-refractivity contribution in [1.29, 1.82) is 0 Å². The molecular formula is C11H22N2O2S. The smallest absolute Gasteiger partial charge is 0.239 e. The van der Waals surface area contributed by atoms with Crippen LogP contribution in [0.3, 0.4) is 0 Å². The fourth-order valence-electron chi connectivity index (χ4n) is 1.57. The molecule has 0 aromatic carbocycles. The summed E-state index contributed by atoms with van der Waals surface area (Å²) in [5.74, 6) is 0.191. The van der Waals surface area contributed by atoms with Crippen molar-refractivity contribution < 1.29 is 9.53 Å². The molecule has 2 atom stereocenters. The average molecular weight is 246 g/mol. The monoisotopic (exact) mass is 246 g/mol. The van der Waals surface area contributed by atoms with Crippen LogP contribution in [0.15, 0.2) is 0 Å². The molecule has 0 saturated carbocycles. The molecule has 0 aromatic rings. The summed E-state index contributed by atoms with van der Waals surface area (Å²) in [6, 6.07) is -0.0901. The van der Waals surface area contributed by atoms with Crippen LogP contribution in [-0.2, 0) is 9.53 Å². The molecular weight excluding hydrogens is 224 g/mol. The van der Waals surface area contributed by atoms with Gasteiger partial charge >= 0.3 is 0 Å². The molecule has 2 unspecified atom stereocenters. The summed E-state index contributed by atoms with van der Waals surface area (Å²) in [4.78, 5) is 13.9. The molecule has 1 aliphatic heterocycles. The lowest BCUT2D eigenvalue weighted by Crippen LogP contribution is -2.50. The number of nitrogens with zero attached hydrogens (tertiary/aromatic N) is 1. The number of thioether (sulfide) groups is 1. The molecule has 1 rings (SSSR count). The van der Waals surface area contributed by atoms with Crippen molar-refractivity contribution in [2.45, 2.75) is 25.1 Å². The number of hydrogen-bond donors (Lipinski definition) is 1. The quantitative estimate of drug-likeness (QED) is 0.770. The molecule has 16 heavy (non-hydrogen) atoms. The first-order valence-corrected chi connectivity index (χ1v) is 7.06. The van der Waals surface area contributed by atoms with E-state index in [1.165, 1.54) is 0 Å². The van der Waals surface area contributed by atoms with Crippen molar-refractivity contribution in [3.8, 4) is 0 Å². The standard InChI is InChI=1S/C11H22N2O2S/c1-9(16-3)8-12-10(2)11(14)13-4-6-15-7-5-13/h9-10,12H,4-8H2,1-3H3. The van der Waals surface area contributed by atoms with Crippen LogP contribution in [0.25, 0.3) is 0 Å². The summed E-state index contributed by atoms with van der Waals surface area (Å²) in [7, 11) is 0. The Kier molecular flexibility index (Phi) is 6.16. The molecule has 1 heterocycles. The molecule has 94 valence electrons. The topological polar surface area (TPSA) is 41.6 Å². The maximum Gasteiger partial charge on any atom is 0.239 e. The molecule has 5 heteroatoms. The van der Waals surface area contributed by atoms with Gasteiger partial charge in [-0.15, -0.1) is 0 Å². The van der Waals surface area contributed by atoms with E-state index in [-0.39, 0.29) is 11.9 Å². The highest BCUT2D eigenvalue weighted by molar-refractivity contribution is 7.99. The Morgan fingerprint density at radius 1 is 1.44 bits per heavy atom. The first-order chi connectivity index (χ1) is 7.65. The Morgan fingerprint density at radius 2 is 2.06 bits per heavy atom. The Morgan fingerprint density at radius 3 is 2.62 bits per heavy atom. The van der Waals surface area contributed by atoms with Crippen LogP contribution in [0.1, 0.15) is 13.8 Å². The molecule has 4 nitrogen and oxygen atoms in total. The molecule has 0 radical (unpaired) electrons. The minimum Gasteiger partial charge on any atom is -0.378 e. The molecule has 0 bridgehead atoms. The summed E-state index contributed by atoms with van der Waals surface area (Å²) >= 11 is 1.81. The van der Waals surface area contributed by atoms with Gasteiger partial charge in [-0.05, 0) is 13.2 Å². The fraction of sp³-hybridized carbons (Fsp3) is 0.909. The number of morpholine rings is 1. The maximum absolute atomic E-state index is 12.0. The van der Waals surface area contributed by atoms with Crippen molar-refractivity contribution in [3.05, 3.63) is 0 Å². The fourth-order valence-corrected chi connectivity index (χ4v) is 1.83. The van der Waals surface area contributed by atoms with Crippen molar-refractivity contribution in [2.24, 2.45) is 0 Å². The summed E-state index contributed by atoms with van der Waals surface area (Å²) in [6.45, 7) is 7.75. The zero-order valence-corrected chi connectivity index (χ0v) is 11.2. The second-order valence-electron chi connectivity index (χ2n) is 4.11. The van der Waals surface area contributed by atoms with E-state index in [1.807, 2.05) is 11.8 Å². The molecule has 1 aliphatic rings. The van der Waals surface area contributed by atoms with Crippen LogP contribution >= 0.6 is 11.8 Å². The van der Waals surface area contributed by atoms with Gasteiger partial charge in [0, 0.05) is 24.9 Å². The summed E-state index contributed by atoms with van der Waals surface area (Å²) in [5, 5.41) is 3.82. The third-order valence-corrected chi connectivity index (χ3v) is 3.78. The number of hydrogen-bond acceptors (Lipinski definition) is 4. The van der Waals surface area contributed by atoms with E-state index >= 15 is 0 Å². The van der Waals surface area contributed by atoms with E-state index in [2.05, 4.69) is 18.5 Å². The van der Waals surface area contributed by atoms with Crippen molar-refractivity contribution in [3.63, 3.8) is 0 Å². The van der Waals surface area contributed by atoms with Crippen LogP contribution < -0.4 is 5.32 Å². The summed E-state index contributed by atoms with van der Waals surface area (Å²) < 4.78 is 5.23. The van der Waals surface area contributed by atoms with E-state index in [1.54, 1.807) is 11.8 Å². The van der Waals surface area contributed by atoms with Gasteiger partial charge in [0.2, 0.25) is 5.91 Å². The number of rotatable bonds is 5. The number of carbonyl (C=O) groups is 1. The van der Waals surface area contributed by atoms with Gasteiger partial charge in [0.15, 0.2) is 0 Å². The normalized spacial score (nSPS) is 20.6. The lowest BCUT2D eigenvalue weighted by Gasteiger charge is -2.29. The molecule has 0 spiro atoms. The highest BCUT2D eigenvalue weighted by Gasteiger charge is 2.22. The van der Waals surface area contributed by atoms with Gasteiger partial charge in [-0.2, -0.15) is 11.8 Å². The van der Waals surface area contributed by atoms with E-state index in [9.17, 15) is 4.79 Å². The lowest BCUT2D eigenvalue weighted by atomic mass is 10.2. The third kappa shape index (κ3) is 4.31. The van der Waals surface area contributed by atoms with Gasteiger partial charge in [-0.25, -0.2) is 0 Å². The van der Waals surface area contributed by atoms with Crippen molar-refractivity contribution in [2.75, 3.05) is 39.1 Å². The average Bonchev–Trinajstić information content (AvgIpc) is 2.35. The van der Waals surface area contributed by atoms with Crippen molar-refractivity contribution in [1.82, 2.24) is 10.2 Å². The zero-order valence-electron chi connectivity index (χ0n) is 10.4. The van der Waals surface area contributed by atoms with Gasteiger partial charge < -0.3 is 15.0 Å². The Bertz CT molecular complexity index is 220. The second-order valence-corrected chi connectivity index (χ2v) is 5.39. The number of nitrogens with one attached hydrogen (secondary N) is 1. The largest absolute Gasteiger partial charge is 0.378 e. The van der Waals surface area contributed by atoms with Crippen molar-refractivity contribution >= 4 is 17.7 Å². The Labute approximate surface area is 102 Å². The number of carbonyl (C=O) groups excluding carboxylic acids is 1. The van der Waals surface area contributed by atoms with E-state index in [0.717, 1.165) is 19.6 Å². The molecule has 1 saturated heterocycles. The van der Waals surface area contributed by atoms with Crippen LogP contribution in [0.5, 0.6) is 0 Å². The SMILES string of the molecule is CSC(C)CNC(C)C(=O)N1CCOCC1. The predicted octanol–water partition coefficient (Wildman–Crippen LogP) is 0.575. The first kappa shape index (κ1) is 13.8. The minimum absolute atomic E-state index is 0.0901. The van der Waals surface area contributed by atoms with Gasteiger partial charge in [0.05, 0.1) is 19.3 Å². The molecule has 0 aliphatic carbocycles. The van der Waals surface area contributed by atoms with Gasteiger partial charge in [-0.1, -0.05) is 6.92 Å². The van der Waals surface area contributed by atoms with Crippen LogP contribution in [0.4, 0.5) is 0 Å².